The number of phenolic OH excluding ortho intramolecular Hbond substituents is 1. The van der Waals surface area contributed by atoms with E-state index in [4.69, 9.17) is 10.2 Å². The lowest BCUT2D eigenvalue weighted by molar-refractivity contribution is -0.145. The zero-order chi connectivity index (χ0) is 13.0. The number of carbonyl (C=O) groups is 2. The van der Waals surface area contributed by atoms with Gasteiger partial charge in [-0.1, -0.05) is 12.1 Å². The van der Waals surface area contributed by atoms with Crippen molar-refractivity contribution in [2.75, 3.05) is 11.9 Å². The van der Waals surface area contributed by atoms with E-state index in [1.165, 1.54) is 24.1 Å². The Labute approximate surface area is 97.7 Å². The number of carboxylic acid groups (broad SMARTS) is 2. The first-order valence-corrected chi connectivity index (χ1v) is 4.89. The maximum Gasteiger partial charge on any atom is 0.326 e. The van der Waals surface area contributed by atoms with Crippen LogP contribution in [0.2, 0.25) is 0 Å². The molecule has 1 aromatic carbocycles. The van der Waals surface area contributed by atoms with Gasteiger partial charge in [0.2, 0.25) is 0 Å². The Bertz CT molecular complexity index is 432. The molecule has 0 spiro atoms. The lowest BCUT2D eigenvalue weighted by Gasteiger charge is -2.26. The first kappa shape index (κ1) is 12.8. The standard InChI is InChI=1S/C11H13NO5/c1-12(7-4-2-3-5-9(7)13)8(11(16)17)6-10(14)15/h2-5,8,13H,6H2,1H3,(H,14,15)(H,16,17). The average molecular weight is 239 g/mol. The van der Waals surface area contributed by atoms with Gasteiger partial charge in [-0.3, -0.25) is 4.79 Å². The van der Waals surface area contributed by atoms with Gasteiger partial charge in [-0.15, -0.1) is 0 Å². The number of aliphatic carboxylic acids is 2. The van der Waals surface area contributed by atoms with Crippen molar-refractivity contribution >= 4 is 17.6 Å². The SMILES string of the molecule is CN(c1ccccc1O)C(CC(=O)O)C(=O)O. The van der Waals surface area contributed by atoms with Crippen molar-refractivity contribution < 1.29 is 24.9 Å². The number of nitrogens with zero attached hydrogens (tertiary/aromatic N) is 1. The van der Waals surface area contributed by atoms with Crippen molar-refractivity contribution in [3.05, 3.63) is 24.3 Å². The summed E-state index contributed by atoms with van der Waals surface area (Å²) in [4.78, 5) is 22.8. The summed E-state index contributed by atoms with van der Waals surface area (Å²) in [7, 11) is 1.43. The predicted molar refractivity (Wildman–Crippen MR) is 60.2 cm³/mol. The number of likely N-dealkylation sites (N-methyl/N-ethyl adjacent to an activating group) is 1. The molecule has 0 heterocycles. The summed E-state index contributed by atoms with van der Waals surface area (Å²) in [6.07, 6.45) is -0.542. The average Bonchev–Trinajstić information content (AvgIpc) is 2.25. The third-order valence-corrected chi connectivity index (χ3v) is 2.38. The smallest absolute Gasteiger partial charge is 0.326 e. The van der Waals surface area contributed by atoms with Crippen LogP contribution in [-0.4, -0.2) is 40.3 Å². The third-order valence-electron chi connectivity index (χ3n) is 2.38. The van der Waals surface area contributed by atoms with E-state index in [1.54, 1.807) is 12.1 Å². The Morgan fingerprint density at radius 1 is 1.29 bits per heavy atom. The number of rotatable bonds is 5. The molecule has 1 aromatic rings. The maximum atomic E-state index is 11.0. The molecule has 0 fully saturated rings. The molecule has 3 N–H and O–H groups in total. The normalized spacial score (nSPS) is 11.8. The van der Waals surface area contributed by atoms with Crippen LogP contribution in [0.5, 0.6) is 5.75 Å². The number of benzene rings is 1. The van der Waals surface area contributed by atoms with Gasteiger partial charge >= 0.3 is 11.9 Å². The first-order chi connectivity index (χ1) is 7.93. The second-order valence-corrected chi connectivity index (χ2v) is 3.55. The van der Waals surface area contributed by atoms with Gasteiger partial charge < -0.3 is 20.2 Å². The summed E-state index contributed by atoms with van der Waals surface area (Å²) >= 11 is 0. The van der Waals surface area contributed by atoms with E-state index in [2.05, 4.69) is 0 Å². The summed E-state index contributed by atoms with van der Waals surface area (Å²) in [6.45, 7) is 0. The number of anilines is 1. The highest BCUT2D eigenvalue weighted by Gasteiger charge is 2.26. The fourth-order valence-corrected chi connectivity index (χ4v) is 1.49. The van der Waals surface area contributed by atoms with Crippen LogP contribution in [-0.2, 0) is 9.59 Å². The minimum atomic E-state index is -1.25. The van der Waals surface area contributed by atoms with Crippen molar-refractivity contribution in [3.63, 3.8) is 0 Å². The van der Waals surface area contributed by atoms with Crippen LogP contribution in [0.15, 0.2) is 24.3 Å². The highest BCUT2D eigenvalue weighted by Crippen LogP contribution is 2.27. The van der Waals surface area contributed by atoms with Crippen LogP contribution >= 0.6 is 0 Å². The fourth-order valence-electron chi connectivity index (χ4n) is 1.49. The van der Waals surface area contributed by atoms with E-state index in [0.717, 1.165) is 0 Å². The van der Waals surface area contributed by atoms with Gasteiger partial charge in [0.05, 0.1) is 12.1 Å². The van der Waals surface area contributed by atoms with Crippen LogP contribution < -0.4 is 4.90 Å². The van der Waals surface area contributed by atoms with Crippen molar-refractivity contribution in [2.24, 2.45) is 0 Å². The Morgan fingerprint density at radius 3 is 2.35 bits per heavy atom. The van der Waals surface area contributed by atoms with Gasteiger partial charge in [0.15, 0.2) is 0 Å². The molecule has 92 valence electrons. The van der Waals surface area contributed by atoms with Crippen molar-refractivity contribution in [1.29, 1.82) is 0 Å². The van der Waals surface area contributed by atoms with Crippen LogP contribution in [0.1, 0.15) is 6.42 Å². The van der Waals surface area contributed by atoms with E-state index >= 15 is 0 Å². The minimum Gasteiger partial charge on any atom is -0.506 e. The van der Waals surface area contributed by atoms with Gasteiger partial charge in [0.1, 0.15) is 11.8 Å². The van der Waals surface area contributed by atoms with Gasteiger partial charge in [-0.2, -0.15) is 0 Å². The van der Waals surface area contributed by atoms with Gasteiger partial charge in [-0.05, 0) is 12.1 Å². The molecule has 1 unspecified atom stereocenters. The summed E-state index contributed by atoms with van der Waals surface area (Å²) in [5, 5.41) is 27.2. The molecule has 0 bridgehead atoms. The Hall–Kier alpha value is -2.24. The number of hydrogen-bond acceptors (Lipinski definition) is 4. The maximum absolute atomic E-state index is 11.0. The van der Waals surface area contributed by atoms with E-state index in [0.29, 0.717) is 0 Å². The number of hydrogen-bond donors (Lipinski definition) is 3. The largest absolute Gasteiger partial charge is 0.506 e. The molecule has 0 saturated carbocycles. The number of phenols is 1. The summed E-state index contributed by atoms with van der Waals surface area (Å²) in [6, 6.07) is 4.93. The number of para-hydroxylation sites is 2. The second kappa shape index (κ2) is 5.20. The molecule has 0 aromatic heterocycles. The summed E-state index contributed by atoms with van der Waals surface area (Å²) in [5.74, 6) is -2.55. The zero-order valence-electron chi connectivity index (χ0n) is 9.20. The van der Waals surface area contributed by atoms with Crippen LogP contribution in [0.4, 0.5) is 5.69 Å². The van der Waals surface area contributed by atoms with E-state index < -0.39 is 24.4 Å². The molecule has 0 aliphatic rings. The Balaban J connectivity index is 3.00. The lowest BCUT2D eigenvalue weighted by Crippen LogP contribution is -2.40. The molecule has 17 heavy (non-hydrogen) atoms. The quantitative estimate of drug-likeness (QED) is 0.701. The van der Waals surface area contributed by atoms with E-state index in [1.807, 2.05) is 0 Å². The van der Waals surface area contributed by atoms with Gasteiger partial charge in [0, 0.05) is 7.05 Å². The highest BCUT2D eigenvalue weighted by atomic mass is 16.4. The lowest BCUT2D eigenvalue weighted by atomic mass is 10.1. The van der Waals surface area contributed by atoms with Gasteiger partial charge in [-0.25, -0.2) is 4.79 Å². The molecular formula is C11H13NO5. The third kappa shape index (κ3) is 3.10. The molecule has 0 radical (unpaired) electrons. The number of aromatic hydroxyl groups is 1. The topological polar surface area (TPSA) is 98.1 Å². The predicted octanol–water partition coefficient (Wildman–Crippen LogP) is 0.756. The number of carboxylic acids is 2. The molecule has 1 atom stereocenters. The summed E-state index contributed by atoms with van der Waals surface area (Å²) < 4.78 is 0. The monoisotopic (exact) mass is 239 g/mol. The Kier molecular flexibility index (Phi) is 3.92. The van der Waals surface area contributed by atoms with Crippen molar-refractivity contribution in [2.45, 2.75) is 12.5 Å². The summed E-state index contributed by atoms with van der Waals surface area (Å²) in [5.41, 5.74) is 0.279. The van der Waals surface area contributed by atoms with E-state index in [9.17, 15) is 14.7 Å². The Morgan fingerprint density at radius 2 is 1.88 bits per heavy atom. The molecule has 6 heteroatoms. The minimum absolute atomic E-state index is 0.0911. The molecule has 0 aliphatic carbocycles. The highest BCUT2D eigenvalue weighted by molar-refractivity contribution is 5.84. The van der Waals surface area contributed by atoms with Crippen LogP contribution in [0.3, 0.4) is 0 Å². The molecular weight excluding hydrogens is 226 g/mol. The molecule has 0 aliphatic heterocycles. The second-order valence-electron chi connectivity index (χ2n) is 3.55. The molecule has 6 nitrogen and oxygen atoms in total. The van der Waals surface area contributed by atoms with Gasteiger partial charge in [0.25, 0.3) is 0 Å². The fraction of sp³-hybridized carbons (Fsp3) is 0.273. The molecule has 1 rings (SSSR count). The van der Waals surface area contributed by atoms with Crippen molar-refractivity contribution in [3.8, 4) is 5.75 Å². The van der Waals surface area contributed by atoms with Crippen LogP contribution in [0.25, 0.3) is 0 Å². The van der Waals surface area contributed by atoms with Crippen molar-refractivity contribution in [1.82, 2.24) is 0 Å². The zero-order valence-corrected chi connectivity index (χ0v) is 9.20. The molecule has 0 saturated heterocycles. The first-order valence-electron chi connectivity index (χ1n) is 4.89. The van der Waals surface area contributed by atoms with E-state index in [-0.39, 0.29) is 11.4 Å². The van der Waals surface area contributed by atoms with Crippen LogP contribution in [0, 0.1) is 0 Å². The molecule has 0 amide bonds.